The molecule has 0 atom stereocenters. The number of hydrazine groups is 1. The number of nitrogens with zero attached hydrogens (tertiary/aromatic N) is 2. The second-order valence-electron chi connectivity index (χ2n) is 4.79. The lowest BCUT2D eigenvalue weighted by Gasteiger charge is -1.97. The molecule has 4 rings (SSSR count). The van der Waals surface area contributed by atoms with Crippen molar-refractivity contribution in [2.45, 2.75) is 0 Å². The Morgan fingerprint density at radius 2 is 2.14 bits per heavy atom. The molecule has 7 N–H and O–H groups in total. The highest BCUT2D eigenvalue weighted by molar-refractivity contribution is 6.11. The summed E-state index contributed by atoms with van der Waals surface area (Å²) >= 11 is 0. The van der Waals surface area contributed by atoms with Gasteiger partial charge < -0.3 is 15.1 Å². The van der Waals surface area contributed by atoms with Crippen molar-refractivity contribution in [1.29, 1.82) is 0 Å². The van der Waals surface area contributed by atoms with Crippen molar-refractivity contribution in [3.05, 3.63) is 30.0 Å². The third kappa shape index (κ3) is 1.66. The van der Waals surface area contributed by atoms with E-state index in [4.69, 9.17) is 5.84 Å². The van der Waals surface area contributed by atoms with E-state index in [1.54, 1.807) is 24.4 Å². The number of fused-ring (bicyclic) bond motifs is 2. The summed E-state index contributed by atoms with van der Waals surface area (Å²) in [5, 5.41) is 17.1. The van der Waals surface area contributed by atoms with Crippen LogP contribution in [0.15, 0.2) is 24.4 Å². The summed E-state index contributed by atoms with van der Waals surface area (Å²) < 4.78 is 0. The maximum Gasteiger partial charge on any atom is 0.271 e. The van der Waals surface area contributed by atoms with Crippen molar-refractivity contribution in [3.8, 4) is 17.4 Å². The minimum absolute atomic E-state index is 0.0945. The number of carbonyl (C=O) groups excluding carboxylic acids is 1. The number of aromatic nitrogens is 5. The van der Waals surface area contributed by atoms with E-state index in [9.17, 15) is 9.90 Å². The van der Waals surface area contributed by atoms with Gasteiger partial charge in [0.25, 0.3) is 5.91 Å². The van der Waals surface area contributed by atoms with Gasteiger partial charge in [-0.2, -0.15) is 5.10 Å². The number of nitrogens with two attached hydrogens (primary N) is 1. The smallest absolute Gasteiger partial charge is 0.271 e. The lowest BCUT2D eigenvalue weighted by atomic mass is 10.1. The van der Waals surface area contributed by atoms with E-state index in [1.807, 2.05) is 5.43 Å². The summed E-state index contributed by atoms with van der Waals surface area (Å²) in [6.45, 7) is 0. The Morgan fingerprint density at radius 3 is 2.86 bits per heavy atom. The van der Waals surface area contributed by atoms with Crippen molar-refractivity contribution < 1.29 is 9.90 Å². The fraction of sp³-hybridized carbons (Fsp3) is 0. The molecule has 0 bridgehead atoms. The molecule has 0 radical (unpaired) electrons. The largest absolute Gasteiger partial charge is 0.494 e. The first-order valence-electron chi connectivity index (χ1n) is 6.42. The van der Waals surface area contributed by atoms with E-state index in [0.29, 0.717) is 22.2 Å². The third-order valence-electron chi connectivity index (χ3n) is 3.49. The summed E-state index contributed by atoms with van der Waals surface area (Å²) in [7, 11) is 0. The van der Waals surface area contributed by atoms with Gasteiger partial charge in [-0.3, -0.25) is 15.3 Å². The Kier molecular flexibility index (Phi) is 2.44. The molecule has 1 aromatic carbocycles. The molecule has 4 aromatic rings. The molecule has 0 unspecified atom stereocenters. The molecule has 3 heterocycles. The Morgan fingerprint density at radius 1 is 1.27 bits per heavy atom. The van der Waals surface area contributed by atoms with Gasteiger partial charge in [-0.05, 0) is 18.2 Å². The van der Waals surface area contributed by atoms with Crippen LogP contribution in [0.1, 0.15) is 10.4 Å². The second-order valence-corrected chi connectivity index (χ2v) is 4.79. The molecule has 0 aliphatic heterocycles. The first-order chi connectivity index (χ1) is 10.7. The summed E-state index contributed by atoms with van der Waals surface area (Å²) in [6.07, 6.45) is 1.63. The lowest BCUT2D eigenvalue weighted by Crippen LogP contribution is -2.29. The molecule has 0 saturated carbocycles. The van der Waals surface area contributed by atoms with Crippen LogP contribution < -0.4 is 11.3 Å². The Hall–Kier alpha value is -3.33. The molecular formula is C13H11N7O2. The van der Waals surface area contributed by atoms with Crippen molar-refractivity contribution in [3.63, 3.8) is 0 Å². The van der Waals surface area contributed by atoms with Crippen LogP contribution in [0.4, 0.5) is 0 Å². The molecular weight excluding hydrogens is 286 g/mol. The predicted molar refractivity (Wildman–Crippen MR) is 78.9 cm³/mol. The molecule has 0 aliphatic rings. The zero-order valence-corrected chi connectivity index (χ0v) is 11.1. The van der Waals surface area contributed by atoms with E-state index in [2.05, 4.69) is 25.1 Å². The van der Waals surface area contributed by atoms with E-state index in [1.165, 1.54) is 0 Å². The highest BCUT2D eigenvalue weighted by Gasteiger charge is 2.19. The van der Waals surface area contributed by atoms with Crippen molar-refractivity contribution in [2.24, 2.45) is 5.84 Å². The van der Waals surface area contributed by atoms with Gasteiger partial charge in [-0.25, -0.2) is 10.8 Å². The molecule has 0 fully saturated rings. The molecule has 1 amide bonds. The number of nitrogen functional groups attached to an aromatic ring is 1. The number of rotatable bonds is 2. The van der Waals surface area contributed by atoms with Gasteiger partial charge >= 0.3 is 0 Å². The van der Waals surface area contributed by atoms with Crippen LogP contribution in [0, 0.1) is 0 Å². The molecule has 110 valence electrons. The van der Waals surface area contributed by atoms with Gasteiger partial charge in [0.05, 0.1) is 16.6 Å². The van der Waals surface area contributed by atoms with Crippen molar-refractivity contribution in [1.82, 2.24) is 30.6 Å². The van der Waals surface area contributed by atoms with E-state index in [-0.39, 0.29) is 11.4 Å². The van der Waals surface area contributed by atoms with Crippen molar-refractivity contribution >= 4 is 27.8 Å². The maximum atomic E-state index is 11.8. The average molecular weight is 297 g/mol. The van der Waals surface area contributed by atoms with Crippen LogP contribution in [0.5, 0.6) is 5.88 Å². The topological polar surface area (TPSA) is 148 Å². The SMILES string of the molecule is NNC(=O)c1c(O)[nH]c2cc3nc(-c4ccn[nH]4)[nH]c3cc12. The quantitative estimate of drug-likeness (QED) is 0.183. The van der Waals surface area contributed by atoms with E-state index in [0.717, 1.165) is 11.2 Å². The van der Waals surface area contributed by atoms with Crippen LogP contribution in [-0.2, 0) is 0 Å². The third-order valence-corrected chi connectivity index (χ3v) is 3.49. The first kappa shape index (κ1) is 12.4. The first-order valence-corrected chi connectivity index (χ1v) is 6.42. The Balaban J connectivity index is 1.97. The maximum absolute atomic E-state index is 11.8. The lowest BCUT2D eigenvalue weighted by molar-refractivity contribution is 0.0952. The number of carbonyl (C=O) groups is 1. The standard InChI is InChI=1S/C13H11N7O2/c14-19-13(22)10-5-3-8-9(4-7(5)18-12(10)21)17-11(16-8)6-1-2-15-20-6/h1-4,18,21H,14H2,(H,15,20)(H,16,17)(H,19,22). The number of aromatic amines is 3. The van der Waals surface area contributed by atoms with Crippen LogP contribution in [0.3, 0.4) is 0 Å². The number of hydrogen-bond donors (Lipinski definition) is 6. The van der Waals surface area contributed by atoms with E-state index >= 15 is 0 Å². The van der Waals surface area contributed by atoms with Gasteiger partial charge in [0.1, 0.15) is 11.3 Å². The summed E-state index contributed by atoms with van der Waals surface area (Å²) in [5.41, 5.74) is 4.87. The van der Waals surface area contributed by atoms with Crippen LogP contribution >= 0.6 is 0 Å². The molecule has 9 nitrogen and oxygen atoms in total. The number of H-pyrrole nitrogens is 3. The zero-order valence-electron chi connectivity index (χ0n) is 11.1. The molecule has 22 heavy (non-hydrogen) atoms. The van der Waals surface area contributed by atoms with Gasteiger partial charge in [0.2, 0.25) is 5.88 Å². The molecule has 0 saturated heterocycles. The highest BCUT2D eigenvalue weighted by Crippen LogP contribution is 2.31. The summed E-state index contributed by atoms with van der Waals surface area (Å²) in [4.78, 5) is 22.1. The monoisotopic (exact) mass is 297 g/mol. The van der Waals surface area contributed by atoms with Crippen LogP contribution in [-0.4, -0.2) is 36.2 Å². The zero-order chi connectivity index (χ0) is 15.3. The molecule has 9 heteroatoms. The Labute approximate surface area is 122 Å². The Bertz CT molecular complexity index is 997. The molecule has 0 spiro atoms. The van der Waals surface area contributed by atoms with Gasteiger partial charge in [-0.15, -0.1) is 0 Å². The fourth-order valence-electron chi connectivity index (χ4n) is 2.50. The average Bonchev–Trinajstić information content (AvgIpc) is 3.20. The van der Waals surface area contributed by atoms with Crippen LogP contribution in [0.25, 0.3) is 33.5 Å². The number of hydrogen-bond acceptors (Lipinski definition) is 5. The number of imidazole rings is 1. The number of benzene rings is 1. The van der Waals surface area contributed by atoms with Crippen LogP contribution in [0.2, 0.25) is 0 Å². The second kappa shape index (κ2) is 4.33. The minimum atomic E-state index is -0.573. The van der Waals surface area contributed by atoms with E-state index < -0.39 is 5.91 Å². The van der Waals surface area contributed by atoms with Crippen molar-refractivity contribution in [2.75, 3.05) is 0 Å². The van der Waals surface area contributed by atoms with Gasteiger partial charge in [0.15, 0.2) is 5.82 Å². The normalized spacial score (nSPS) is 11.3. The van der Waals surface area contributed by atoms with Gasteiger partial charge in [0, 0.05) is 11.6 Å². The minimum Gasteiger partial charge on any atom is -0.494 e. The molecule has 0 aliphatic carbocycles. The number of aromatic hydroxyl groups is 1. The predicted octanol–water partition coefficient (Wildman–Crippen LogP) is 0.743. The summed E-state index contributed by atoms with van der Waals surface area (Å²) in [6, 6.07) is 5.27. The van der Waals surface area contributed by atoms with Gasteiger partial charge in [-0.1, -0.05) is 0 Å². The highest BCUT2D eigenvalue weighted by atomic mass is 16.3. The number of nitrogens with one attached hydrogen (secondary N) is 4. The number of amides is 1. The summed E-state index contributed by atoms with van der Waals surface area (Å²) in [5.74, 6) is 4.97. The molecule has 3 aromatic heterocycles. The fourth-order valence-corrected chi connectivity index (χ4v) is 2.50.